The number of aromatic nitrogens is 2. The number of ether oxygens (including phenoxy) is 1. The van der Waals surface area contributed by atoms with E-state index < -0.39 is 0 Å². The summed E-state index contributed by atoms with van der Waals surface area (Å²) in [5.41, 5.74) is 3.89. The van der Waals surface area contributed by atoms with Crippen molar-refractivity contribution in [1.29, 1.82) is 0 Å². The maximum atomic E-state index is 13.4. The number of hydrogen-bond donors (Lipinski definition) is 1. The first-order valence-electron chi connectivity index (χ1n) is 8.88. The summed E-state index contributed by atoms with van der Waals surface area (Å²) in [6.07, 6.45) is 3.21. The zero-order valence-electron chi connectivity index (χ0n) is 16.1. The Balaban J connectivity index is 1.70. The molecule has 0 spiro atoms. The molecule has 0 bridgehead atoms. The van der Waals surface area contributed by atoms with Gasteiger partial charge in [-0.15, -0.1) is 0 Å². The largest absolute Gasteiger partial charge is 0.497 e. The number of halogens is 1. The fraction of sp³-hybridized carbons (Fsp3) is 0.182. The van der Waals surface area contributed by atoms with E-state index in [-0.39, 0.29) is 11.7 Å². The maximum absolute atomic E-state index is 13.4. The average Bonchev–Trinajstić information content (AvgIpc) is 2.94. The molecule has 0 atom stereocenters. The molecule has 3 rings (SSSR count). The van der Waals surface area contributed by atoms with Crippen molar-refractivity contribution in [3.05, 3.63) is 82.9 Å². The zero-order chi connectivity index (χ0) is 20.1. The van der Waals surface area contributed by atoms with Crippen LogP contribution in [0, 0.1) is 19.7 Å². The Morgan fingerprint density at radius 1 is 1.21 bits per heavy atom. The Labute approximate surface area is 163 Å². The molecule has 0 aliphatic heterocycles. The summed E-state index contributed by atoms with van der Waals surface area (Å²) in [7, 11) is 1.61. The van der Waals surface area contributed by atoms with Gasteiger partial charge in [0.2, 0.25) is 5.91 Å². The van der Waals surface area contributed by atoms with Crippen molar-refractivity contribution in [2.75, 3.05) is 12.4 Å². The van der Waals surface area contributed by atoms with Gasteiger partial charge in [-0.1, -0.05) is 24.3 Å². The van der Waals surface area contributed by atoms with Crippen LogP contribution in [0.4, 0.5) is 10.1 Å². The van der Waals surface area contributed by atoms with E-state index in [9.17, 15) is 9.18 Å². The SMILES string of the molecule is COc1ccc(/C=C/C(=O)Nc2c(C)nn(Cc3cccc(F)c3)c2C)cc1. The number of anilines is 1. The molecule has 5 nitrogen and oxygen atoms in total. The van der Waals surface area contributed by atoms with Crippen molar-refractivity contribution in [3.8, 4) is 5.75 Å². The van der Waals surface area contributed by atoms with E-state index in [0.29, 0.717) is 17.9 Å². The van der Waals surface area contributed by atoms with Crippen molar-refractivity contribution in [2.45, 2.75) is 20.4 Å². The number of hydrogen-bond acceptors (Lipinski definition) is 3. The second kappa shape index (κ2) is 8.52. The molecule has 0 saturated carbocycles. The second-order valence-electron chi connectivity index (χ2n) is 6.43. The van der Waals surface area contributed by atoms with Crippen LogP contribution in [0.3, 0.4) is 0 Å². The Hall–Kier alpha value is -3.41. The van der Waals surface area contributed by atoms with Crippen LogP contribution in [0.1, 0.15) is 22.5 Å². The molecule has 0 radical (unpaired) electrons. The fourth-order valence-corrected chi connectivity index (χ4v) is 2.89. The third-order valence-electron chi connectivity index (χ3n) is 4.39. The Bertz CT molecular complexity index is 1010. The highest BCUT2D eigenvalue weighted by Crippen LogP contribution is 2.21. The molecule has 0 aliphatic carbocycles. The highest BCUT2D eigenvalue weighted by molar-refractivity contribution is 6.02. The number of rotatable bonds is 6. The summed E-state index contributed by atoms with van der Waals surface area (Å²) in [6, 6.07) is 13.8. The van der Waals surface area contributed by atoms with Crippen LogP contribution >= 0.6 is 0 Å². The van der Waals surface area contributed by atoms with Crippen molar-refractivity contribution in [2.24, 2.45) is 0 Å². The third-order valence-corrected chi connectivity index (χ3v) is 4.39. The predicted molar refractivity (Wildman–Crippen MR) is 108 cm³/mol. The molecular weight excluding hydrogens is 357 g/mol. The van der Waals surface area contributed by atoms with Gasteiger partial charge in [-0.3, -0.25) is 9.48 Å². The Morgan fingerprint density at radius 2 is 1.96 bits per heavy atom. The van der Waals surface area contributed by atoms with Crippen molar-refractivity contribution < 1.29 is 13.9 Å². The third kappa shape index (κ3) is 4.65. The molecule has 1 amide bonds. The summed E-state index contributed by atoms with van der Waals surface area (Å²) in [6.45, 7) is 4.14. The van der Waals surface area contributed by atoms with E-state index >= 15 is 0 Å². The van der Waals surface area contributed by atoms with Gasteiger partial charge in [-0.2, -0.15) is 5.10 Å². The number of carbonyl (C=O) groups is 1. The van der Waals surface area contributed by atoms with Crippen LogP contribution in [0.15, 0.2) is 54.6 Å². The van der Waals surface area contributed by atoms with E-state index in [4.69, 9.17) is 4.74 Å². The maximum Gasteiger partial charge on any atom is 0.248 e. The lowest BCUT2D eigenvalue weighted by Crippen LogP contribution is -2.10. The number of amides is 1. The van der Waals surface area contributed by atoms with Gasteiger partial charge in [-0.05, 0) is 55.3 Å². The molecule has 6 heteroatoms. The van der Waals surface area contributed by atoms with Gasteiger partial charge in [-0.25, -0.2) is 4.39 Å². The zero-order valence-corrected chi connectivity index (χ0v) is 16.1. The minimum atomic E-state index is -0.281. The van der Waals surface area contributed by atoms with Gasteiger partial charge in [0.15, 0.2) is 0 Å². The number of aryl methyl sites for hydroxylation is 1. The van der Waals surface area contributed by atoms with Crippen LogP contribution in [-0.4, -0.2) is 22.8 Å². The molecular formula is C22H22FN3O2. The lowest BCUT2D eigenvalue weighted by atomic mass is 10.2. The second-order valence-corrected chi connectivity index (χ2v) is 6.43. The van der Waals surface area contributed by atoms with E-state index in [2.05, 4.69) is 10.4 Å². The molecule has 28 heavy (non-hydrogen) atoms. The van der Waals surface area contributed by atoms with Crippen molar-refractivity contribution in [3.63, 3.8) is 0 Å². The predicted octanol–water partition coefficient (Wildman–Crippen LogP) is 4.35. The van der Waals surface area contributed by atoms with E-state index in [0.717, 1.165) is 22.6 Å². The number of carbonyl (C=O) groups excluding carboxylic acids is 1. The molecule has 1 aromatic heterocycles. The van der Waals surface area contributed by atoms with Gasteiger partial charge < -0.3 is 10.1 Å². The summed E-state index contributed by atoms with van der Waals surface area (Å²) in [4.78, 5) is 12.3. The quantitative estimate of drug-likeness (QED) is 0.648. The number of methoxy groups -OCH3 is 1. The highest BCUT2D eigenvalue weighted by atomic mass is 19.1. The lowest BCUT2D eigenvalue weighted by molar-refractivity contribution is -0.111. The molecule has 0 saturated heterocycles. The van der Waals surface area contributed by atoms with E-state index in [1.165, 1.54) is 18.2 Å². The smallest absolute Gasteiger partial charge is 0.248 e. The minimum Gasteiger partial charge on any atom is -0.497 e. The first-order valence-corrected chi connectivity index (χ1v) is 8.88. The molecule has 0 unspecified atom stereocenters. The van der Waals surface area contributed by atoms with Crippen molar-refractivity contribution >= 4 is 17.7 Å². The molecule has 144 valence electrons. The van der Waals surface area contributed by atoms with Gasteiger partial charge in [0.25, 0.3) is 0 Å². The topological polar surface area (TPSA) is 56.1 Å². The standard InChI is InChI=1S/C22H22FN3O2/c1-15-22(16(2)26(25-15)14-18-5-4-6-19(23)13-18)24-21(27)12-9-17-7-10-20(28-3)11-8-17/h4-13H,14H2,1-3H3,(H,24,27)/b12-9+. The Morgan fingerprint density at radius 3 is 2.64 bits per heavy atom. The van der Waals surface area contributed by atoms with Gasteiger partial charge >= 0.3 is 0 Å². The fourth-order valence-electron chi connectivity index (χ4n) is 2.89. The average molecular weight is 379 g/mol. The van der Waals surface area contributed by atoms with Crippen LogP contribution in [0.2, 0.25) is 0 Å². The Kier molecular flexibility index (Phi) is 5.89. The van der Waals surface area contributed by atoms with Gasteiger partial charge in [0.05, 0.1) is 30.7 Å². The van der Waals surface area contributed by atoms with Crippen LogP contribution in [0.5, 0.6) is 5.75 Å². The summed E-state index contributed by atoms with van der Waals surface area (Å²) in [5, 5.41) is 7.35. The lowest BCUT2D eigenvalue weighted by Gasteiger charge is -2.06. The molecule has 1 N–H and O–H groups in total. The first-order chi connectivity index (χ1) is 13.5. The summed E-state index contributed by atoms with van der Waals surface area (Å²) < 4.78 is 20.3. The highest BCUT2D eigenvalue weighted by Gasteiger charge is 2.13. The first kappa shape index (κ1) is 19.4. The molecule has 0 fully saturated rings. The molecule has 1 heterocycles. The molecule has 3 aromatic rings. The van der Waals surface area contributed by atoms with E-state index in [1.807, 2.05) is 44.2 Å². The normalized spacial score (nSPS) is 11.0. The molecule has 2 aromatic carbocycles. The van der Waals surface area contributed by atoms with Crippen molar-refractivity contribution in [1.82, 2.24) is 9.78 Å². The number of benzene rings is 2. The van der Waals surface area contributed by atoms with Crippen LogP contribution < -0.4 is 10.1 Å². The van der Waals surface area contributed by atoms with Gasteiger partial charge in [0.1, 0.15) is 11.6 Å². The monoisotopic (exact) mass is 379 g/mol. The summed E-state index contributed by atoms with van der Waals surface area (Å²) in [5.74, 6) is 0.238. The minimum absolute atomic E-state index is 0.243. The molecule has 0 aliphatic rings. The summed E-state index contributed by atoms with van der Waals surface area (Å²) >= 11 is 0. The number of nitrogens with zero attached hydrogens (tertiary/aromatic N) is 2. The van der Waals surface area contributed by atoms with Gasteiger partial charge in [0, 0.05) is 6.08 Å². The number of nitrogens with one attached hydrogen (secondary N) is 1. The van der Waals surface area contributed by atoms with Crippen LogP contribution in [-0.2, 0) is 11.3 Å². The van der Waals surface area contributed by atoms with Crippen LogP contribution in [0.25, 0.3) is 6.08 Å². The van der Waals surface area contributed by atoms with E-state index in [1.54, 1.807) is 23.9 Å².